The van der Waals surface area contributed by atoms with Gasteiger partial charge in [0.1, 0.15) is 0 Å². The first-order valence-electron chi connectivity index (χ1n) is 14.5. The number of halogens is 2. The van der Waals surface area contributed by atoms with E-state index in [9.17, 15) is 0 Å². The van der Waals surface area contributed by atoms with Crippen molar-refractivity contribution in [3.63, 3.8) is 0 Å². The van der Waals surface area contributed by atoms with Crippen molar-refractivity contribution in [2.24, 2.45) is 0 Å². The van der Waals surface area contributed by atoms with Crippen LogP contribution in [0.3, 0.4) is 0 Å². The fraction of sp³-hybridized carbons (Fsp3) is 0.361. The molecule has 39 heavy (non-hydrogen) atoms. The zero-order chi connectivity index (χ0) is 28.0. The molecule has 0 heterocycles. The van der Waals surface area contributed by atoms with Crippen molar-refractivity contribution in [1.82, 2.24) is 0 Å². The van der Waals surface area contributed by atoms with Crippen LogP contribution in [0.25, 0.3) is 0 Å². The molecule has 4 aromatic carbocycles. The maximum atomic E-state index is 4.93. The summed E-state index contributed by atoms with van der Waals surface area (Å²) in [6, 6.07) is 31.7. The monoisotopic (exact) mass is 635 g/mol. The summed E-state index contributed by atoms with van der Waals surface area (Å²) < 4.78 is 0. The van der Waals surface area contributed by atoms with Gasteiger partial charge < -0.3 is 6.92 Å². The second-order valence-electron chi connectivity index (χ2n) is 10.2. The number of fused-ring (bicyclic) bond motifs is 2. The summed E-state index contributed by atoms with van der Waals surface area (Å²) in [4.78, 5) is 0. The van der Waals surface area contributed by atoms with Gasteiger partial charge in [-0.2, -0.15) is 52.4 Å². The Morgan fingerprint density at radius 3 is 1.38 bits per heavy atom. The van der Waals surface area contributed by atoms with Gasteiger partial charge in [0, 0.05) is 0 Å². The summed E-state index contributed by atoms with van der Waals surface area (Å²) in [5.74, 6) is 1.28. The minimum atomic E-state index is -0.826. The van der Waals surface area contributed by atoms with Crippen LogP contribution in [0.5, 0.6) is 0 Å². The Kier molecular flexibility index (Phi) is 14.4. The van der Waals surface area contributed by atoms with E-state index in [0.717, 1.165) is 12.8 Å². The van der Waals surface area contributed by atoms with Gasteiger partial charge in [0.15, 0.2) is 0 Å². The Balaban J connectivity index is 0.000000186. The van der Waals surface area contributed by atoms with E-state index in [0.29, 0.717) is 11.8 Å². The van der Waals surface area contributed by atoms with Crippen molar-refractivity contribution in [2.75, 3.05) is 0 Å². The first-order valence-corrected chi connectivity index (χ1v) is 20.8. The van der Waals surface area contributed by atoms with Crippen molar-refractivity contribution in [2.45, 2.75) is 84.0 Å². The normalized spacial score (nSPS) is 17.1. The van der Waals surface area contributed by atoms with Crippen molar-refractivity contribution in [1.29, 1.82) is 0 Å². The van der Waals surface area contributed by atoms with Crippen molar-refractivity contribution in [3.05, 3.63) is 136 Å². The zero-order valence-corrected chi connectivity index (χ0v) is 27.8. The van der Waals surface area contributed by atoms with Crippen molar-refractivity contribution in [3.8, 4) is 0 Å². The van der Waals surface area contributed by atoms with Crippen molar-refractivity contribution >= 4 is 17.0 Å². The SMILES string of the molecule is CCc1cc2c([cH-]1)CCCC2c1ccccc1.CCc1cc2c([cH-]1)CCCC2c1ccccc1.[CH2-]C.[Cl][Zr][Cl]. The second-order valence-corrected chi connectivity index (χ2v) is 13.9. The molecule has 0 saturated carbocycles. The van der Waals surface area contributed by atoms with Crippen LogP contribution in [0, 0.1) is 6.92 Å². The number of aryl methyl sites for hydroxylation is 4. The van der Waals surface area contributed by atoms with Crippen LogP contribution in [-0.2, 0) is 46.5 Å². The standard InChI is InChI=1S/2C17H19.C2H5.2ClH.Zr/c2*1-2-13-11-15-9-6-10-16(17(15)12-13)14-7-4-3-5-8-14;1-2;;;/h2*3-5,7-8,11-12,16H,2,6,9-10H2,1H3;1H2,2H3;2*1H;/q3*-1;;;+2/p-2. The topological polar surface area (TPSA) is 0 Å². The van der Waals surface area contributed by atoms with Gasteiger partial charge in [0.2, 0.25) is 0 Å². The van der Waals surface area contributed by atoms with E-state index in [4.69, 9.17) is 17.0 Å². The number of rotatable bonds is 4. The van der Waals surface area contributed by atoms with Crippen molar-refractivity contribution < 1.29 is 20.8 Å². The van der Waals surface area contributed by atoms with Crippen LogP contribution in [-0.4, -0.2) is 0 Å². The molecule has 0 fully saturated rings. The Morgan fingerprint density at radius 2 is 1.05 bits per heavy atom. The van der Waals surface area contributed by atoms with Crippen LogP contribution in [0.4, 0.5) is 0 Å². The van der Waals surface area contributed by atoms with Gasteiger partial charge in [-0.25, -0.2) is 12.1 Å². The average molecular weight is 638 g/mol. The third-order valence-electron chi connectivity index (χ3n) is 7.99. The van der Waals surface area contributed by atoms with E-state index >= 15 is 0 Å². The summed E-state index contributed by atoms with van der Waals surface area (Å²) in [5, 5.41) is 0. The minimum absolute atomic E-state index is 0.639. The van der Waals surface area contributed by atoms with Crippen LogP contribution in [0.1, 0.15) is 103 Å². The second kappa shape index (κ2) is 17.4. The molecular weight excluding hydrogens is 595 g/mol. The number of hydrogen-bond acceptors (Lipinski definition) is 0. The molecule has 2 aliphatic carbocycles. The third kappa shape index (κ3) is 8.79. The van der Waals surface area contributed by atoms with E-state index in [1.165, 1.54) is 60.8 Å². The molecule has 0 bridgehead atoms. The first kappa shape index (κ1) is 32.1. The molecular formula is C36H43Cl2Zr-3. The van der Waals surface area contributed by atoms with Crippen LogP contribution in [0.2, 0.25) is 0 Å². The average Bonchev–Trinajstić information content (AvgIpc) is 3.64. The molecule has 0 radical (unpaired) electrons. The van der Waals surface area contributed by atoms with Gasteiger partial charge in [-0.15, -0.1) is 0 Å². The van der Waals surface area contributed by atoms with Gasteiger partial charge in [0.25, 0.3) is 0 Å². The quantitative estimate of drug-likeness (QED) is 0.195. The molecule has 2 unspecified atom stereocenters. The Hall–Kier alpha value is -1.40. The summed E-state index contributed by atoms with van der Waals surface area (Å²) in [5.41, 5.74) is 12.4. The van der Waals surface area contributed by atoms with Gasteiger partial charge in [-0.1, -0.05) is 137 Å². The van der Waals surface area contributed by atoms with E-state index in [1.54, 1.807) is 29.2 Å². The molecule has 0 amide bonds. The Labute approximate surface area is 256 Å². The maximum absolute atomic E-state index is 4.93. The molecule has 208 valence electrons. The molecule has 0 aromatic heterocycles. The van der Waals surface area contributed by atoms with Gasteiger partial charge >= 0.3 is 37.9 Å². The fourth-order valence-corrected chi connectivity index (χ4v) is 6.14. The zero-order valence-electron chi connectivity index (χ0n) is 23.9. The number of hydrogen-bond donors (Lipinski definition) is 0. The summed E-state index contributed by atoms with van der Waals surface area (Å²) in [6.07, 6.45) is 10.2. The van der Waals surface area contributed by atoms with Gasteiger partial charge in [-0.05, 0) is 11.8 Å². The molecule has 3 heteroatoms. The molecule has 2 aliphatic rings. The predicted molar refractivity (Wildman–Crippen MR) is 168 cm³/mol. The first-order chi connectivity index (χ1) is 19.2. The summed E-state index contributed by atoms with van der Waals surface area (Å²) >= 11 is -0.826. The van der Waals surface area contributed by atoms with E-state index < -0.39 is 20.8 Å². The third-order valence-corrected chi connectivity index (χ3v) is 7.99. The molecule has 6 rings (SSSR count). The molecule has 2 atom stereocenters. The molecule has 0 saturated heterocycles. The molecule has 4 aromatic rings. The van der Waals surface area contributed by atoms with E-state index in [1.807, 2.05) is 0 Å². The van der Waals surface area contributed by atoms with E-state index in [2.05, 4.69) is 106 Å². The summed E-state index contributed by atoms with van der Waals surface area (Å²) in [6.45, 7) is 9.50. The Bertz CT molecular complexity index is 1110. The molecule has 0 spiro atoms. The van der Waals surface area contributed by atoms with E-state index in [-0.39, 0.29) is 0 Å². The summed E-state index contributed by atoms with van der Waals surface area (Å²) in [7, 11) is 9.87. The number of benzene rings is 2. The van der Waals surface area contributed by atoms with Crippen LogP contribution in [0.15, 0.2) is 84.9 Å². The Morgan fingerprint density at radius 1 is 0.692 bits per heavy atom. The van der Waals surface area contributed by atoms with Gasteiger partial charge in [-0.3, -0.25) is 0 Å². The van der Waals surface area contributed by atoms with Crippen LogP contribution < -0.4 is 0 Å². The molecule has 0 N–H and O–H groups in total. The fourth-order valence-electron chi connectivity index (χ4n) is 6.14. The molecule has 0 nitrogen and oxygen atoms in total. The van der Waals surface area contributed by atoms with Gasteiger partial charge in [0.05, 0.1) is 0 Å². The molecule has 0 aliphatic heterocycles. The predicted octanol–water partition coefficient (Wildman–Crippen LogP) is 11.1. The van der Waals surface area contributed by atoms with Crippen LogP contribution >= 0.6 is 17.0 Å².